The van der Waals surface area contributed by atoms with Crippen molar-refractivity contribution in [3.05, 3.63) is 47.7 Å². The van der Waals surface area contributed by atoms with Crippen molar-refractivity contribution in [2.24, 2.45) is 0 Å². The average Bonchev–Trinajstić information content (AvgIpc) is 3.62. The van der Waals surface area contributed by atoms with E-state index in [4.69, 9.17) is 9.97 Å². The van der Waals surface area contributed by atoms with E-state index in [0.29, 0.717) is 24.4 Å². The first-order chi connectivity index (χ1) is 16.2. The number of aromatic nitrogens is 5. The van der Waals surface area contributed by atoms with Gasteiger partial charge < -0.3 is 20.3 Å². The Morgan fingerprint density at radius 1 is 1.18 bits per heavy atom. The zero-order chi connectivity index (χ0) is 22.6. The molecule has 0 amide bonds. The van der Waals surface area contributed by atoms with Gasteiger partial charge in [0.05, 0.1) is 29.5 Å². The predicted molar refractivity (Wildman–Crippen MR) is 132 cm³/mol. The highest BCUT2D eigenvalue weighted by atomic mass is 32.1. The van der Waals surface area contributed by atoms with Crippen molar-refractivity contribution in [1.29, 1.82) is 0 Å². The lowest BCUT2D eigenvalue weighted by atomic mass is 10.2. The van der Waals surface area contributed by atoms with Gasteiger partial charge in [0.15, 0.2) is 17.0 Å². The Labute approximate surface area is 197 Å². The second-order valence-corrected chi connectivity index (χ2v) is 9.42. The molecule has 4 aromatic heterocycles. The van der Waals surface area contributed by atoms with E-state index in [1.807, 2.05) is 31.6 Å². The van der Waals surface area contributed by atoms with Crippen LogP contribution in [0.15, 0.2) is 42.2 Å². The molecule has 33 heavy (non-hydrogen) atoms. The first-order valence-electron chi connectivity index (χ1n) is 11.6. The normalized spacial score (nSPS) is 15.2. The molecule has 0 bridgehead atoms. The zero-order valence-corrected chi connectivity index (χ0v) is 19.6. The largest absolute Gasteiger partial charge is 0.394 e. The minimum Gasteiger partial charge on any atom is -0.394 e. The topological polar surface area (TPSA) is 101 Å². The molecular formula is C24H29N7OS. The summed E-state index contributed by atoms with van der Waals surface area (Å²) in [6, 6.07) is 8.59. The van der Waals surface area contributed by atoms with Crippen LogP contribution in [0.5, 0.6) is 0 Å². The fourth-order valence-corrected chi connectivity index (χ4v) is 5.00. The van der Waals surface area contributed by atoms with Crippen molar-refractivity contribution in [2.45, 2.75) is 57.7 Å². The van der Waals surface area contributed by atoms with Crippen molar-refractivity contribution in [3.63, 3.8) is 0 Å². The monoisotopic (exact) mass is 463 g/mol. The third-order valence-corrected chi connectivity index (χ3v) is 7.14. The van der Waals surface area contributed by atoms with Crippen LogP contribution in [0.4, 0.5) is 11.8 Å². The summed E-state index contributed by atoms with van der Waals surface area (Å²) in [4.78, 5) is 19.9. The van der Waals surface area contributed by atoms with Gasteiger partial charge in [0.2, 0.25) is 5.95 Å². The molecule has 0 aliphatic heterocycles. The van der Waals surface area contributed by atoms with Crippen LogP contribution in [0.3, 0.4) is 0 Å². The van der Waals surface area contributed by atoms with E-state index in [9.17, 15) is 5.11 Å². The summed E-state index contributed by atoms with van der Waals surface area (Å²) in [5, 5.41) is 18.4. The van der Waals surface area contributed by atoms with Crippen molar-refractivity contribution >= 4 is 34.3 Å². The molecule has 9 heteroatoms. The molecule has 4 heterocycles. The van der Waals surface area contributed by atoms with E-state index in [2.05, 4.69) is 42.7 Å². The summed E-state index contributed by atoms with van der Waals surface area (Å²) >= 11 is 1.69. The first-order valence-corrected chi connectivity index (χ1v) is 12.5. The Morgan fingerprint density at radius 3 is 2.76 bits per heavy atom. The van der Waals surface area contributed by atoms with Gasteiger partial charge in [-0.2, -0.15) is 9.97 Å². The van der Waals surface area contributed by atoms with E-state index in [1.165, 1.54) is 12.8 Å². The molecule has 1 saturated carbocycles. The summed E-state index contributed by atoms with van der Waals surface area (Å²) in [7, 11) is 0. The van der Waals surface area contributed by atoms with Crippen molar-refractivity contribution < 1.29 is 5.11 Å². The number of anilines is 2. The molecule has 1 atom stereocenters. The lowest BCUT2D eigenvalue weighted by Crippen LogP contribution is -2.24. The smallest absolute Gasteiger partial charge is 0.227 e. The number of nitrogens with zero attached hydrogens (tertiary/aromatic N) is 5. The molecule has 0 aromatic carbocycles. The van der Waals surface area contributed by atoms with E-state index in [0.717, 1.165) is 46.6 Å². The summed E-state index contributed by atoms with van der Waals surface area (Å²) in [6.07, 6.45) is 9.35. The van der Waals surface area contributed by atoms with Crippen LogP contribution in [-0.2, 0) is 6.54 Å². The summed E-state index contributed by atoms with van der Waals surface area (Å²) in [5.41, 5.74) is 3.65. The van der Waals surface area contributed by atoms with Gasteiger partial charge >= 0.3 is 0 Å². The summed E-state index contributed by atoms with van der Waals surface area (Å²) in [5.74, 6) is 1.20. The third kappa shape index (κ3) is 4.69. The molecule has 8 nitrogen and oxygen atoms in total. The molecule has 0 saturated heterocycles. The van der Waals surface area contributed by atoms with E-state index < -0.39 is 0 Å². The number of rotatable bonds is 9. The Bertz CT molecular complexity index is 1180. The van der Waals surface area contributed by atoms with Gasteiger partial charge in [-0.25, -0.2) is 4.98 Å². The van der Waals surface area contributed by atoms with Crippen LogP contribution >= 0.6 is 11.3 Å². The number of hydrogen-bond donors (Lipinski definition) is 3. The summed E-state index contributed by atoms with van der Waals surface area (Å²) < 4.78 is 2.19. The Morgan fingerprint density at radius 2 is 2.06 bits per heavy atom. The first kappa shape index (κ1) is 21.8. The lowest BCUT2D eigenvalue weighted by Gasteiger charge is -2.17. The highest BCUT2D eigenvalue weighted by molar-refractivity contribution is 7.13. The van der Waals surface area contributed by atoms with Crippen LogP contribution in [0.2, 0.25) is 0 Å². The standard InChI is InChI=1S/C24H29N7OS/c1-2-17(14-32)28-24-29-22(21-23(30-24)31(15-27-21)18-6-3-4-7-18)26-13-16-9-10-19(25-12-16)20-8-5-11-33-20/h5,8-12,15,17-18,32H,2-4,6-7,13-14H2,1H3,(H2,26,28,29,30)/t17-/m1/s1. The maximum absolute atomic E-state index is 9.64. The SMILES string of the molecule is CC[C@H](CO)Nc1nc(NCc2ccc(-c3cccs3)nc2)c2ncn(C3CCCC3)c2n1. The molecule has 0 unspecified atom stereocenters. The van der Waals surface area contributed by atoms with Gasteiger partial charge in [-0.15, -0.1) is 11.3 Å². The van der Waals surface area contributed by atoms with Crippen LogP contribution < -0.4 is 10.6 Å². The number of pyridine rings is 1. The molecule has 172 valence electrons. The fraction of sp³-hybridized carbons (Fsp3) is 0.417. The molecule has 3 N–H and O–H groups in total. The minimum atomic E-state index is -0.0906. The molecule has 1 aliphatic rings. The van der Waals surface area contributed by atoms with Crippen LogP contribution in [0.1, 0.15) is 50.6 Å². The second-order valence-electron chi connectivity index (χ2n) is 8.47. The van der Waals surface area contributed by atoms with Gasteiger partial charge in [0.25, 0.3) is 0 Å². The van der Waals surface area contributed by atoms with Crippen molar-refractivity contribution in [1.82, 2.24) is 24.5 Å². The number of nitrogens with one attached hydrogen (secondary N) is 2. The lowest BCUT2D eigenvalue weighted by molar-refractivity contribution is 0.271. The maximum atomic E-state index is 9.64. The number of thiophene rings is 1. The van der Waals surface area contributed by atoms with E-state index in [-0.39, 0.29) is 12.6 Å². The van der Waals surface area contributed by atoms with Crippen LogP contribution in [-0.4, -0.2) is 42.3 Å². The van der Waals surface area contributed by atoms with Crippen LogP contribution in [0.25, 0.3) is 21.7 Å². The summed E-state index contributed by atoms with van der Waals surface area (Å²) in [6.45, 7) is 2.64. The van der Waals surface area contributed by atoms with Gasteiger partial charge in [0.1, 0.15) is 0 Å². The number of fused-ring (bicyclic) bond motifs is 1. The zero-order valence-electron chi connectivity index (χ0n) is 18.7. The highest BCUT2D eigenvalue weighted by Gasteiger charge is 2.22. The van der Waals surface area contributed by atoms with Crippen LogP contribution in [0, 0.1) is 0 Å². The molecule has 1 aliphatic carbocycles. The maximum Gasteiger partial charge on any atom is 0.227 e. The Kier molecular flexibility index (Phi) is 6.50. The van der Waals surface area contributed by atoms with Gasteiger partial charge in [-0.05, 0) is 42.3 Å². The van der Waals surface area contributed by atoms with Crippen molar-refractivity contribution in [2.75, 3.05) is 17.2 Å². The molecule has 4 aromatic rings. The second kappa shape index (κ2) is 9.84. The Hall–Kier alpha value is -3.04. The number of imidazole rings is 1. The van der Waals surface area contributed by atoms with Gasteiger partial charge in [-0.3, -0.25) is 4.98 Å². The predicted octanol–water partition coefficient (Wildman–Crippen LogP) is 4.86. The van der Waals surface area contributed by atoms with Crippen molar-refractivity contribution in [3.8, 4) is 10.6 Å². The van der Waals surface area contributed by atoms with E-state index >= 15 is 0 Å². The minimum absolute atomic E-state index is 0.0325. The fourth-order valence-electron chi connectivity index (χ4n) is 4.30. The third-order valence-electron chi connectivity index (χ3n) is 6.24. The van der Waals surface area contributed by atoms with Gasteiger partial charge in [-0.1, -0.05) is 31.9 Å². The molecule has 5 rings (SSSR count). The molecular weight excluding hydrogens is 434 g/mol. The quantitative estimate of drug-likeness (QED) is 0.326. The number of aliphatic hydroxyl groups is 1. The highest BCUT2D eigenvalue weighted by Crippen LogP contribution is 2.33. The van der Waals surface area contributed by atoms with E-state index in [1.54, 1.807) is 11.3 Å². The molecule has 1 fully saturated rings. The number of hydrogen-bond acceptors (Lipinski definition) is 8. The van der Waals surface area contributed by atoms with Gasteiger partial charge in [0, 0.05) is 18.8 Å². The molecule has 0 radical (unpaired) electrons. The average molecular weight is 464 g/mol. The molecule has 0 spiro atoms. The number of aliphatic hydroxyl groups excluding tert-OH is 1. The Balaban J connectivity index is 1.41.